The number of rotatable bonds is 5. The molecule has 2 aromatic rings. The topological polar surface area (TPSA) is 69.0 Å². The highest BCUT2D eigenvalue weighted by molar-refractivity contribution is 5.95. The number of hydrogen-bond donors (Lipinski definition) is 1. The quantitative estimate of drug-likeness (QED) is 0.827. The molecule has 0 saturated carbocycles. The first-order valence-corrected chi connectivity index (χ1v) is 6.06. The van der Waals surface area contributed by atoms with E-state index < -0.39 is 0 Å². The maximum Gasteiger partial charge on any atom is 0.340 e. The van der Waals surface area contributed by atoms with Gasteiger partial charge >= 0.3 is 5.97 Å². The molecule has 0 saturated heterocycles. The van der Waals surface area contributed by atoms with E-state index in [1.54, 1.807) is 23.9 Å². The number of anilines is 1. The molecule has 1 aromatic carbocycles. The van der Waals surface area contributed by atoms with Crippen LogP contribution in [-0.2, 0) is 18.3 Å². The van der Waals surface area contributed by atoms with E-state index in [0.29, 0.717) is 18.7 Å². The Kier molecular flexibility index (Phi) is 4.12. The van der Waals surface area contributed by atoms with Crippen LogP contribution in [0.15, 0.2) is 30.5 Å². The Morgan fingerprint density at radius 1 is 1.42 bits per heavy atom. The molecule has 19 heavy (non-hydrogen) atoms. The zero-order valence-corrected chi connectivity index (χ0v) is 11.0. The molecule has 0 amide bonds. The molecule has 1 heterocycles. The van der Waals surface area contributed by atoms with Gasteiger partial charge in [-0.25, -0.2) is 4.79 Å². The SMILES string of the molecule is CCOC(=O)c1ccccc1NCc1cnnn1C. The summed E-state index contributed by atoms with van der Waals surface area (Å²) in [7, 11) is 1.82. The fourth-order valence-electron chi connectivity index (χ4n) is 1.68. The van der Waals surface area contributed by atoms with Gasteiger partial charge in [-0.3, -0.25) is 4.68 Å². The summed E-state index contributed by atoms with van der Waals surface area (Å²) in [6.45, 7) is 2.69. The van der Waals surface area contributed by atoms with Gasteiger partial charge in [-0.15, -0.1) is 5.10 Å². The molecule has 0 aliphatic carbocycles. The molecule has 100 valence electrons. The first-order valence-electron chi connectivity index (χ1n) is 6.06. The lowest BCUT2D eigenvalue weighted by Gasteiger charge is -2.10. The number of carbonyl (C=O) groups is 1. The third kappa shape index (κ3) is 3.09. The Morgan fingerprint density at radius 2 is 2.21 bits per heavy atom. The molecule has 0 bridgehead atoms. The molecule has 0 aliphatic rings. The minimum Gasteiger partial charge on any atom is -0.462 e. The number of aryl methyl sites for hydroxylation is 1. The lowest BCUT2D eigenvalue weighted by molar-refractivity contribution is 0.0527. The third-order valence-electron chi connectivity index (χ3n) is 2.69. The molecular weight excluding hydrogens is 244 g/mol. The van der Waals surface area contributed by atoms with Crippen molar-refractivity contribution >= 4 is 11.7 Å². The van der Waals surface area contributed by atoms with Crippen molar-refractivity contribution in [1.82, 2.24) is 15.0 Å². The van der Waals surface area contributed by atoms with Gasteiger partial charge in [-0.2, -0.15) is 0 Å². The number of para-hydroxylation sites is 1. The van der Waals surface area contributed by atoms with E-state index >= 15 is 0 Å². The van der Waals surface area contributed by atoms with E-state index in [9.17, 15) is 4.79 Å². The van der Waals surface area contributed by atoms with Gasteiger partial charge in [0.1, 0.15) is 0 Å². The van der Waals surface area contributed by atoms with E-state index in [1.165, 1.54) is 0 Å². The van der Waals surface area contributed by atoms with Crippen LogP contribution >= 0.6 is 0 Å². The summed E-state index contributed by atoms with van der Waals surface area (Å²) in [6, 6.07) is 7.26. The van der Waals surface area contributed by atoms with E-state index in [-0.39, 0.29) is 5.97 Å². The lowest BCUT2D eigenvalue weighted by Crippen LogP contribution is -2.11. The Balaban J connectivity index is 2.12. The normalized spacial score (nSPS) is 10.2. The van der Waals surface area contributed by atoms with Crippen molar-refractivity contribution in [3.05, 3.63) is 41.7 Å². The third-order valence-corrected chi connectivity index (χ3v) is 2.69. The number of esters is 1. The van der Waals surface area contributed by atoms with Gasteiger partial charge in [-0.05, 0) is 19.1 Å². The van der Waals surface area contributed by atoms with Crippen LogP contribution in [0.4, 0.5) is 5.69 Å². The molecule has 0 aliphatic heterocycles. The number of nitrogens with one attached hydrogen (secondary N) is 1. The first kappa shape index (κ1) is 13.1. The predicted molar refractivity (Wildman–Crippen MR) is 70.7 cm³/mol. The van der Waals surface area contributed by atoms with Crippen LogP contribution in [0.3, 0.4) is 0 Å². The Hall–Kier alpha value is -2.37. The van der Waals surface area contributed by atoms with Crippen molar-refractivity contribution in [1.29, 1.82) is 0 Å². The van der Waals surface area contributed by atoms with Crippen molar-refractivity contribution in [2.75, 3.05) is 11.9 Å². The van der Waals surface area contributed by atoms with E-state index in [2.05, 4.69) is 15.6 Å². The highest BCUT2D eigenvalue weighted by Gasteiger charge is 2.11. The molecule has 0 fully saturated rings. The molecule has 0 radical (unpaired) electrons. The predicted octanol–water partition coefficient (Wildman–Crippen LogP) is 1.60. The number of nitrogens with zero attached hydrogens (tertiary/aromatic N) is 3. The summed E-state index contributed by atoms with van der Waals surface area (Å²) >= 11 is 0. The van der Waals surface area contributed by atoms with Crippen molar-refractivity contribution in [3.8, 4) is 0 Å². The smallest absolute Gasteiger partial charge is 0.340 e. The summed E-state index contributed by atoms with van der Waals surface area (Å²) in [5.41, 5.74) is 2.19. The number of benzene rings is 1. The summed E-state index contributed by atoms with van der Waals surface area (Å²) in [6.07, 6.45) is 1.68. The number of ether oxygens (including phenoxy) is 1. The lowest BCUT2D eigenvalue weighted by atomic mass is 10.2. The molecule has 0 spiro atoms. The second-order valence-electron chi connectivity index (χ2n) is 3.97. The fourth-order valence-corrected chi connectivity index (χ4v) is 1.68. The Bertz CT molecular complexity index is 565. The second-order valence-corrected chi connectivity index (χ2v) is 3.97. The van der Waals surface area contributed by atoms with Crippen molar-refractivity contribution in [3.63, 3.8) is 0 Å². The summed E-state index contributed by atoms with van der Waals surface area (Å²) in [5.74, 6) is -0.325. The van der Waals surface area contributed by atoms with Crippen LogP contribution < -0.4 is 5.32 Å². The molecule has 6 heteroatoms. The van der Waals surface area contributed by atoms with Crippen LogP contribution in [0.2, 0.25) is 0 Å². The van der Waals surface area contributed by atoms with E-state index in [0.717, 1.165) is 11.4 Å². The molecular formula is C13H16N4O2. The molecule has 1 N–H and O–H groups in total. The van der Waals surface area contributed by atoms with Crippen molar-refractivity contribution in [2.45, 2.75) is 13.5 Å². The molecule has 0 atom stereocenters. The molecule has 6 nitrogen and oxygen atoms in total. The fraction of sp³-hybridized carbons (Fsp3) is 0.308. The average molecular weight is 260 g/mol. The maximum atomic E-state index is 11.8. The zero-order chi connectivity index (χ0) is 13.7. The van der Waals surface area contributed by atoms with Crippen molar-refractivity contribution in [2.24, 2.45) is 7.05 Å². The molecule has 1 aromatic heterocycles. The largest absolute Gasteiger partial charge is 0.462 e. The standard InChI is InChI=1S/C13H16N4O2/c1-3-19-13(18)11-6-4-5-7-12(11)14-8-10-9-15-16-17(10)2/h4-7,9,14H,3,8H2,1-2H3. The second kappa shape index (κ2) is 5.99. The Labute approximate surface area is 111 Å². The number of hydrogen-bond acceptors (Lipinski definition) is 5. The minimum absolute atomic E-state index is 0.325. The van der Waals surface area contributed by atoms with E-state index in [4.69, 9.17) is 4.74 Å². The van der Waals surface area contributed by atoms with Crippen molar-refractivity contribution < 1.29 is 9.53 Å². The maximum absolute atomic E-state index is 11.8. The zero-order valence-electron chi connectivity index (χ0n) is 11.0. The summed E-state index contributed by atoms with van der Waals surface area (Å²) in [5, 5.41) is 10.8. The van der Waals surface area contributed by atoms with Crippen LogP contribution in [0.25, 0.3) is 0 Å². The van der Waals surface area contributed by atoms with Gasteiger partial charge in [0.15, 0.2) is 0 Å². The highest BCUT2D eigenvalue weighted by atomic mass is 16.5. The number of carbonyl (C=O) groups excluding carboxylic acids is 1. The van der Waals surface area contributed by atoms with Crippen LogP contribution in [0.5, 0.6) is 0 Å². The van der Waals surface area contributed by atoms with Crippen LogP contribution in [-0.4, -0.2) is 27.6 Å². The van der Waals surface area contributed by atoms with Gasteiger partial charge in [0.2, 0.25) is 0 Å². The van der Waals surface area contributed by atoms with Crippen LogP contribution in [0, 0.1) is 0 Å². The average Bonchev–Trinajstić information content (AvgIpc) is 2.82. The summed E-state index contributed by atoms with van der Waals surface area (Å²) in [4.78, 5) is 11.8. The van der Waals surface area contributed by atoms with Gasteiger partial charge < -0.3 is 10.1 Å². The molecule has 0 unspecified atom stereocenters. The van der Waals surface area contributed by atoms with Crippen LogP contribution in [0.1, 0.15) is 23.0 Å². The first-order chi connectivity index (χ1) is 9.22. The van der Waals surface area contributed by atoms with E-state index in [1.807, 2.05) is 25.2 Å². The van der Waals surface area contributed by atoms with Gasteiger partial charge in [0, 0.05) is 12.7 Å². The minimum atomic E-state index is -0.325. The number of aromatic nitrogens is 3. The highest BCUT2D eigenvalue weighted by Crippen LogP contribution is 2.17. The van der Waals surface area contributed by atoms with Gasteiger partial charge in [0.05, 0.1) is 30.6 Å². The van der Waals surface area contributed by atoms with Gasteiger partial charge in [-0.1, -0.05) is 17.3 Å². The molecule has 2 rings (SSSR count). The monoisotopic (exact) mass is 260 g/mol. The van der Waals surface area contributed by atoms with Gasteiger partial charge in [0.25, 0.3) is 0 Å². The Morgan fingerprint density at radius 3 is 2.89 bits per heavy atom. The summed E-state index contributed by atoms with van der Waals surface area (Å²) < 4.78 is 6.70.